The van der Waals surface area contributed by atoms with Gasteiger partial charge in [0.25, 0.3) is 5.91 Å². The van der Waals surface area contributed by atoms with Gasteiger partial charge in [0.2, 0.25) is 0 Å². The van der Waals surface area contributed by atoms with E-state index in [2.05, 4.69) is 20.2 Å². The van der Waals surface area contributed by atoms with Crippen molar-refractivity contribution in [3.05, 3.63) is 72.2 Å². The standard InChI is InChI=1S/C21H19N5O2/c1-26(13-15-11-22-18-8-3-4-9-19(18)24-15)21(27)17-12-23-25-20(17)14-6-5-7-16(10-14)28-2/h3-12H,13H2,1-2H3,(H,23,25). The third-order valence-electron chi connectivity index (χ3n) is 4.47. The van der Waals surface area contributed by atoms with Crippen LogP contribution in [0.3, 0.4) is 0 Å². The number of fused-ring (bicyclic) bond motifs is 1. The average molecular weight is 373 g/mol. The molecule has 0 bridgehead atoms. The number of nitrogens with one attached hydrogen (secondary N) is 1. The van der Waals surface area contributed by atoms with E-state index in [1.165, 1.54) is 0 Å². The smallest absolute Gasteiger partial charge is 0.257 e. The maximum Gasteiger partial charge on any atom is 0.257 e. The first kappa shape index (κ1) is 17.7. The molecule has 4 rings (SSSR count). The molecule has 4 aromatic rings. The van der Waals surface area contributed by atoms with Crippen LogP contribution < -0.4 is 4.74 Å². The molecule has 7 heteroatoms. The summed E-state index contributed by atoms with van der Waals surface area (Å²) in [6.07, 6.45) is 3.24. The molecule has 28 heavy (non-hydrogen) atoms. The largest absolute Gasteiger partial charge is 0.497 e. The predicted molar refractivity (Wildman–Crippen MR) is 106 cm³/mol. The van der Waals surface area contributed by atoms with Crippen molar-refractivity contribution in [2.24, 2.45) is 0 Å². The van der Waals surface area contributed by atoms with E-state index in [9.17, 15) is 4.79 Å². The van der Waals surface area contributed by atoms with Gasteiger partial charge in [0.1, 0.15) is 5.75 Å². The number of aromatic nitrogens is 4. The quantitative estimate of drug-likeness (QED) is 0.580. The molecule has 0 saturated heterocycles. The Hall–Kier alpha value is -3.74. The van der Waals surface area contributed by atoms with Gasteiger partial charge in [0, 0.05) is 12.6 Å². The fourth-order valence-corrected chi connectivity index (χ4v) is 3.04. The zero-order chi connectivity index (χ0) is 19.5. The maximum atomic E-state index is 13.0. The molecule has 0 unspecified atom stereocenters. The van der Waals surface area contributed by atoms with Crippen LogP contribution in [0.25, 0.3) is 22.3 Å². The van der Waals surface area contributed by atoms with Crippen LogP contribution in [0.5, 0.6) is 5.75 Å². The van der Waals surface area contributed by atoms with Crippen molar-refractivity contribution in [2.45, 2.75) is 6.54 Å². The minimum Gasteiger partial charge on any atom is -0.497 e. The molecular weight excluding hydrogens is 354 g/mol. The molecule has 1 N–H and O–H groups in total. The highest BCUT2D eigenvalue weighted by Crippen LogP contribution is 2.26. The van der Waals surface area contributed by atoms with Gasteiger partial charge in [-0.1, -0.05) is 24.3 Å². The number of aromatic amines is 1. The molecule has 140 valence electrons. The van der Waals surface area contributed by atoms with Crippen LogP contribution in [-0.2, 0) is 6.54 Å². The Balaban J connectivity index is 1.58. The van der Waals surface area contributed by atoms with Gasteiger partial charge in [-0.05, 0) is 24.3 Å². The number of hydrogen-bond acceptors (Lipinski definition) is 5. The second-order valence-electron chi connectivity index (χ2n) is 6.40. The summed E-state index contributed by atoms with van der Waals surface area (Å²) in [6.45, 7) is 0.347. The van der Waals surface area contributed by atoms with E-state index in [0.29, 0.717) is 23.6 Å². The molecule has 0 atom stereocenters. The van der Waals surface area contributed by atoms with E-state index >= 15 is 0 Å². The van der Waals surface area contributed by atoms with Gasteiger partial charge in [-0.2, -0.15) is 5.10 Å². The van der Waals surface area contributed by atoms with Crippen molar-refractivity contribution in [2.75, 3.05) is 14.2 Å². The molecule has 0 fully saturated rings. The first-order chi connectivity index (χ1) is 13.7. The van der Waals surface area contributed by atoms with Crippen LogP contribution in [0.1, 0.15) is 16.1 Å². The molecule has 1 amide bonds. The Morgan fingerprint density at radius 2 is 1.93 bits per heavy atom. The lowest BCUT2D eigenvalue weighted by Gasteiger charge is -2.17. The number of benzene rings is 2. The van der Waals surface area contributed by atoms with E-state index < -0.39 is 0 Å². The van der Waals surface area contributed by atoms with Crippen LogP contribution in [0.4, 0.5) is 0 Å². The normalized spacial score (nSPS) is 10.8. The zero-order valence-electron chi connectivity index (χ0n) is 15.6. The summed E-state index contributed by atoms with van der Waals surface area (Å²) in [5.41, 5.74) is 4.33. The highest BCUT2D eigenvalue weighted by Gasteiger charge is 2.20. The molecule has 7 nitrogen and oxygen atoms in total. The fraction of sp³-hybridized carbons (Fsp3) is 0.143. The second-order valence-corrected chi connectivity index (χ2v) is 6.40. The second kappa shape index (κ2) is 7.48. The number of para-hydroxylation sites is 2. The van der Waals surface area contributed by atoms with Crippen molar-refractivity contribution >= 4 is 16.9 Å². The lowest BCUT2D eigenvalue weighted by molar-refractivity contribution is 0.0784. The summed E-state index contributed by atoms with van der Waals surface area (Å²) in [5, 5.41) is 6.98. The minimum absolute atomic E-state index is 0.151. The maximum absolute atomic E-state index is 13.0. The molecule has 2 heterocycles. The average Bonchev–Trinajstić information content (AvgIpc) is 3.23. The molecule has 0 radical (unpaired) electrons. The van der Waals surface area contributed by atoms with Gasteiger partial charge in [-0.25, -0.2) is 4.98 Å². The number of hydrogen-bond donors (Lipinski definition) is 1. The molecule has 0 aliphatic rings. The SMILES string of the molecule is COc1cccc(-c2[nH]ncc2C(=O)N(C)Cc2cnc3ccccc3n2)c1. The lowest BCUT2D eigenvalue weighted by Crippen LogP contribution is -2.26. The Labute approximate surface area is 162 Å². The van der Waals surface area contributed by atoms with Gasteiger partial charge < -0.3 is 9.64 Å². The minimum atomic E-state index is -0.151. The summed E-state index contributed by atoms with van der Waals surface area (Å²) in [4.78, 5) is 23.6. The van der Waals surface area contributed by atoms with E-state index in [1.807, 2.05) is 48.5 Å². The van der Waals surface area contributed by atoms with Gasteiger partial charge >= 0.3 is 0 Å². The van der Waals surface area contributed by atoms with Crippen molar-refractivity contribution in [3.8, 4) is 17.0 Å². The van der Waals surface area contributed by atoms with E-state index in [1.54, 1.807) is 31.5 Å². The van der Waals surface area contributed by atoms with Crippen molar-refractivity contribution in [1.82, 2.24) is 25.1 Å². The Morgan fingerprint density at radius 3 is 2.75 bits per heavy atom. The number of ether oxygens (including phenoxy) is 1. The molecule has 0 aliphatic carbocycles. The monoisotopic (exact) mass is 373 g/mol. The molecule has 2 aromatic carbocycles. The molecule has 0 saturated carbocycles. The number of carbonyl (C=O) groups excluding carboxylic acids is 1. The molecular formula is C21H19N5O2. The number of carbonyl (C=O) groups is 1. The van der Waals surface area contributed by atoms with E-state index in [0.717, 1.165) is 22.3 Å². The third kappa shape index (κ3) is 3.42. The van der Waals surface area contributed by atoms with Crippen LogP contribution >= 0.6 is 0 Å². The number of methoxy groups -OCH3 is 1. The summed E-state index contributed by atoms with van der Waals surface area (Å²) in [7, 11) is 3.35. The van der Waals surface area contributed by atoms with Crippen molar-refractivity contribution < 1.29 is 9.53 Å². The number of H-pyrrole nitrogens is 1. The lowest BCUT2D eigenvalue weighted by atomic mass is 10.1. The third-order valence-corrected chi connectivity index (χ3v) is 4.47. The van der Waals surface area contributed by atoms with Gasteiger partial charge in [-0.15, -0.1) is 0 Å². The number of nitrogens with zero attached hydrogens (tertiary/aromatic N) is 4. The number of rotatable bonds is 5. The molecule has 0 aliphatic heterocycles. The Kier molecular flexibility index (Phi) is 4.72. The Bertz CT molecular complexity index is 1140. The number of amides is 1. The van der Waals surface area contributed by atoms with Crippen LogP contribution in [0.2, 0.25) is 0 Å². The van der Waals surface area contributed by atoms with Gasteiger partial charge in [0.05, 0.1) is 54.0 Å². The molecule has 0 spiro atoms. The van der Waals surface area contributed by atoms with Crippen LogP contribution in [-0.4, -0.2) is 45.1 Å². The van der Waals surface area contributed by atoms with E-state index in [-0.39, 0.29) is 5.91 Å². The van der Waals surface area contributed by atoms with Crippen molar-refractivity contribution in [3.63, 3.8) is 0 Å². The fourth-order valence-electron chi connectivity index (χ4n) is 3.04. The highest BCUT2D eigenvalue weighted by atomic mass is 16.5. The van der Waals surface area contributed by atoms with Gasteiger partial charge in [-0.3, -0.25) is 14.9 Å². The first-order valence-corrected chi connectivity index (χ1v) is 8.79. The Morgan fingerprint density at radius 1 is 1.11 bits per heavy atom. The topological polar surface area (TPSA) is 84.0 Å². The summed E-state index contributed by atoms with van der Waals surface area (Å²) in [5.74, 6) is 0.562. The summed E-state index contributed by atoms with van der Waals surface area (Å²) < 4.78 is 5.27. The van der Waals surface area contributed by atoms with Crippen LogP contribution in [0.15, 0.2) is 60.9 Å². The van der Waals surface area contributed by atoms with Crippen molar-refractivity contribution in [1.29, 1.82) is 0 Å². The zero-order valence-corrected chi connectivity index (χ0v) is 15.6. The highest BCUT2D eigenvalue weighted by molar-refractivity contribution is 5.99. The summed E-state index contributed by atoms with van der Waals surface area (Å²) in [6, 6.07) is 15.1. The first-order valence-electron chi connectivity index (χ1n) is 8.79. The predicted octanol–water partition coefficient (Wildman–Crippen LogP) is 3.30. The van der Waals surface area contributed by atoms with Gasteiger partial charge in [0.15, 0.2) is 0 Å². The summed E-state index contributed by atoms with van der Waals surface area (Å²) >= 11 is 0. The van der Waals surface area contributed by atoms with Crippen LogP contribution in [0, 0.1) is 0 Å². The van der Waals surface area contributed by atoms with E-state index in [4.69, 9.17) is 4.74 Å². The molecule has 2 aromatic heterocycles.